The van der Waals surface area contributed by atoms with Crippen LogP contribution in [0.5, 0.6) is 0 Å². The first kappa shape index (κ1) is 17.4. The predicted molar refractivity (Wildman–Crippen MR) is 85.8 cm³/mol. The van der Waals surface area contributed by atoms with Gasteiger partial charge in [-0.2, -0.15) is 0 Å². The lowest BCUT2D eigenvalue weighted by molar-refractivity contribution is -0.127. The van der Waals surface area contributed by atoms with E-state index in [4.69, 9.17) is 4.74 Å². The van der Waals surface area contributed by atoms with Gasteiger partial charge < -0.3 is 20.1 Å². The first-order valence-corrected chi connectivity index (χ1v) is 7.75. The molecule has 3 N–H and O–H groups in total. The van der Waals surface area contributed by atoms with Crippen LogP contribution in [0.1, 0.15) is 23.0 Å². The van der Waals surface area contributed by atoms with Gasteiger partial charge >= 0.3 is 5.69 Å². The Morgan fingerprint density at radius 2 is 1.96 bits per heavy atom. The Kier molecular flexibility index (Phi) is 4.78. The van der Waals surface area contributed by atoms with Gasteiger partial charge in [0.1, 0.15) is 17.8 Å². The molecule has 25 heavy (non-hydrogen) atoms. The van der Waals surface area contributed by atoms with Gasteiger partial charge in [0.05, 0.1) is 6.61 Å². The summed E-state index contributed by atoms with van der Waals surface area (Å²) in [5.74, 6) is -0.361. The van der Waals surface area contributed by atoms with Crippen molar-refractivity contribution in [2.45, 2.75) is 30.5 Å². The summed E-state index contributed by atoms with van der Waals surface area (Å²) < 4.78 is 6.65. The molecule has 1 fully saturated rings. The van der Waals surface area contributed by atoms with Crippen molar-refractivity contribution >= 4 is 5.78 Å². The predicted octanol–water partition coefficient (Wildman–Crippen LogP) is -0.502. The molecule has 132 valence electrons. The zero-order valence-corrected chi connectivity index (χ0v) is 13.2. The highest BCUT2D eigenvalue weighted by atomic mass is 16.6. The molecule has 1 aliphatic heterocycles. The second-order valence-electron chi connectivity index (χ2n) is 5.94. The van der Waals surface area contributed by atoms with Crippen LogP contribution in [0.2, 0.25) is 0 Å². The average molecular weight is 346 g/mol. The number of rotatable bonds is 5. The van der Waals surface area contributed by atoms with Crippen molar-refractivity contribution in [2.24, 2.45) is 0 Å². The third kappa shape index (κ3) is 3.12. The topological polar surface area (TPSA) is 122 Å². The Bertz CT molecular complexity index is 808. The molecule has 0 spiro atoms. The van der Waals surface area contributed by atoms with Crippen molar-refractivity contribution in [1.82, 2.24) is 9.55 Å². The number of aliphatic hydroxyl groups is 3. The van der Waals surface area contributed by atoms with Gasteiger partial charge in [-0.1, -0.05) is 30.3 Å². The van der Waals surface area contributed by atoms with Crippen LogP contribution in [0, 0.1) is 0 Å². The maximum absolute atomic E-state index is 12.5. The molecule has 1 aromatic carbocycles. The fourth-order valence-corrected chi connectivity index (χ4v) is 2.96. The van der Waals surface area contributed by atoms with Crippen LogP contribution in [-0.2, 0) is 4.74 Å². The molecule has 0 bridgehead atoms. The van der Waals surface area contributed by atoms with Crippen molar-refractivity contribution < 1.29 is 24.9 Å². The van der Waals surface area contributed by atoms with Crippen molar-refractivity contribution in [2.75, 3.05) is 6.61 Å². The van der Waals surface area contributed by atoms with E-state index in [1.54, 1.807) is 30.3 Å². The van der Waals surface area contributed by atoms with Crippen LogP contribution >= 0.6 is 0 Å². The third-order valence-electron chi connectivity index (χ3n) is 4.35. The number of Topliss-reactive ketones (excluding diaryl/α,β-unsaturated/α-hetero) is 1. The number of hydrogen-bond acceptors (Lipinski definition) is 7. The molecule has 4 atom stereocenters. The van der Waals surface area contributed by atoms with Crippen molar-refractivity contribution in [1.29, 1.82) is 0 Å². The highest BCUT2D eigenvalue weighted by molar-refractivity contribution is 5.96. The zero-order valence-electron chi connectivity index (χ0n) is 13.2. The number of hydrogen-bond donors (Lipinski definition) is 3. The smallest absolute Gasteiger partial charge is 0.349 e. The van der Waals surface area contributed by atoms with Gasteiger partial charge in [0, 0.05) is 24.4 Å². The molecule has 0 amide bonds. The van der Waals surface area contributed by atoms with E-state index in [9.17, 15) is 24.9 Å². The standard InChI is InChI=1S/C17H18N2O6/c20-10-17(9-12(21)11-5-2-1-3-6-11)14(23)13(22)15(25-17)19-8-4-7-18-16(19)24/h1-8,13-15,20,22-23H,9-10H2/t13-,14+,15-,17-/m1/s1. The number of ether oxygens (including phenoxy) is 1. The van der Waals surface area contributed by atoms with E-state index in [0.717, 1.165) is 4.57 Å². The molecule has 0 aliphatic carbocycles. The molecule has 2 heterocycles. The van der Waals surface area contributed by atoms with Crippen LogP contribution in [0.3, 0.4) is 0 Å². The number of benzene rings is 1. The number of ketones is 1. The van der Waals surface area contributed by atoms with E-state index in [2.05, 4.69) is 4.98 Å². The Hall–Kier alpha value is -2.39. The minimum absolute atomic E-state index is 0.350. The molecule has 3 rings (SSSR count). The summed E-state index contributed by atoms with van der Waals surface area (Å²) in [6, 6.07) is 9.82. The molecule has 1 aromatic heterocycles. The summed E-state index contributed by atoms with van der Waals surface area (Å²) in [6.07, 6.45) is -2.03. The normalized spacial score (nSPS) is 28.8. The molecular formula is C17H18N2O6. The molecule has 8 heteroatoms. The number of carbonyl (C=O) groups is 1. The maximum atomic E-state index is 12.5. The molecular weight excluding hydrogens is 328 g/mol. The molecule has 0 unspecified atom stereocenters. The van der Waals surface area contributed by atoms with Crippen LogP contribution in [0.15, 0.2) is 53.6 Å². The number of carbonyl (C=O) groups excluding carboxylic acids is 1. The van der Waals surface area contributed by atoms with Crippen LogP contribution < -0.4 is 5.69 Å². The second kappa shape index (κ2) is 6.85. The first-order valence-electron chi connectivity index (χ1n) is 7.75. The molecule has 8 nitrogen and oxygen atoms in total. The van der Waals surface area contributed by atoms with Crippen molar-refractivity contribution in [3.05, 3.63) is 64.8 Å². The van der Waals surface area contributed by atoms with E-state index in [-0.39, 0.29) is 12.2 Å². The minimum Gasteiger partial charge on any atom is -0.393 e. The van der Waals surface area contributed by atoms with Gasteiger partial charge in [-0.15, -0.1) is 0 Å². The quantitative estimate of drug-likeness (QED) is 0.624. The highest BCUT2D eigenvalue weighted by Gasteiger charge is 2.55. The van der Waals surface area contributed by atoms with E-state index >= 15 is 0 Å². The summed E-state index contributed by atoms with van der Waals surface area (Å²) in [5.41, 5.74) is -2.00. The van der Waals surface area contributed by atoms with E-state index in [0.29, 0.717) is 5.56 Å². The molecule has 0 saturated carbocycles. The van der Waals surface area contributed by atoms with E-state index < -0.39 is 36.3 Å². The van der Waals surface area contributed by atoms with Gasteiger partial charge in [0.15, 0.2) is 12.0 Å². The minimum atomic E-state index is -1.72. The largest absolute Gasteiger partial charge is 0.393 e. The maximum Gasteiger partial charge on any atom is 0.349 e. The van der Waals surface area contributed by atoms with Crippen LogP contribution in [-0.4, -0.2) is 55.1 Å². The number of nitrogens with zero attached hydrogens (tertiary/aromatic N) is 2. The highest BCUT2D eigenvalue weighted by Crippen LogP contribution is 2.39. The molecule has 1 saturated heterocycles. The second-order valence-corrected chi connectivity index (χ2v) is 5.94. The Labute approximate surface area is 143 Å². The van der Waals surface area contributed by atoms with Gasteiger partial charge in [-0.3, -0.25) is 9.36 Å². The summed E-state index contributed by atoms with van der Waals surface area (Å²) in [5, 5.41) is 30.5. The molecule has 0 radical (unpaired) electrons. The Morgan fingerprint density at radius 3 is 2.60 bits per heavy atom. The SMILES string of the molecule is O=C(C[C@]1(CO)O[C@@H](n2cccnc2=O)[C@H](O)[C@@H]1O)c1ccccc1. The average Bonchev–Trinajstić information content (AvgIpc) is 2.88. The van der Waals surface area contributed by atoms with E-state index in [1.807, 2.05) is 0 Å². The summed E-state index contributed by atoms with van der Waals surface area (Å²) in [4.78, 5) is 27.9. The Morgan fingerprint density at radius 1 is 1.24 bits per heavy atom. The monoisotopic (exact) mass is 346 g/mol. The lowest BCUT2D eigenvalue weighted by atomic mass is 9.88. The van der Waals surface area contributed by atoms with Crippen molar-refractivity contribution in [3.8, 4) is 0 Å². The third-order valence-corrected chi connectivity index (χ3v) is 4.35. The summed E-state index contributed by atoms with van der Waals surface area (Å²) in [6.45, 7) is -0.699. The van der Waals surface area contributed by atoms with Gasteiger partial charge in [-0.25, -0.2) is 9.78 Å². The van der Waals surface area contributed by atoms with Crippen LogP contribution in [0.25, 0.3) is 0 Å². The first-order chi connectivity index (χ1) is 12.0. The summed E-state index contributed by atoms with van der Waals surface area (Å²) >= 11 is 0. The molecule has 1 aliphatic rings. The fourth-order valence-electron chi connectivity index (χ4n) is 2.96. The Balaban J connectivity index is 1.90. The van der Waals surface area contributed by atoms with Crippen molar-refractivity contribution in [3.63, 3.8) is 0 Å². The summed E-state index contributed by atoms with van der Waals surface area (Å²) in [7, 11) is 0. The van der Waals surface area contributed by atoms with Gasteiger partial charge in [0.25, 0.3) is 0 Å². The lowest BCUT2D eigenvalue weighted by Gasteiger charge is -2.29. The number of aliphatic hydroxyl groups excluding tert-OH is 3. The van der Waals surface area contributed by atoms with Crippen LogP contribution in [0.4, 0.5) is 0 Å². The fraction of sp³-hybridized carbons (Fsp3) is 0.353. The van der Waals surface area contributed by atoms with Gasteiger partial charge in [0.2, 0.25) is 0 Å². The molecule has 2 aromatic rings. The number of aromatic nitrogens is 2. The zero-order chi connectivity index (χ0) is 18.0. The van der Waals surface area contributed by atoms with E-state index in [1.165, 1.54) is 18.5 Å². The lowest BCUT2D eigenvalue weighted by Crippen LogP contribution is -2.47. The van der Waals surface area contributed by atoms with Gasteiger partial charge in [-0.05, 0) is 6.07 Å².